The fourth-order valence-electron chi connectivity index (χ4n) is 2.68. The van der Waals surface area contributed by atoms with E-state index in [1.807, 2.05) is 36.6 Å². The van der Waals surface area contributed by atoms with Crippen LogP contribution in [0, 0.1) is 0 Å². The Morgan fingerprint density at radius 3 is 2.38 bits per heavy atom. The summed E-state index contributed by atoms with van der Waals surface area (Å²) in [7, 11) is 0. The number of nitrogens with one attached hydrogen (secondary N) is 1. The van der Waals surface area contributed by atoms with Crippen molar-refractivity contribution in [3.63, 3.8) is 0 Å². The minimum absolute atomic E-state index is 0.236. The van der Waals surface area contributed by atoms with Gasteiger partial charge in [0.15, 0.2) is 6.10 Å². The Morgan fingerprint density at radius 1 is 1.08 bits per heavy atom. The van der Waals surface area contributed by atoms with E-state index in [1.165, 1.54) is 17.3 Å². The predicted molar refractivity (Wildman–Crippen MR) is 106 cm³/mol. The van der Waals surface area contributed by atoms with Crippen molar-refractivity contribution in [3.8, 4) is 0 Å². The van der Waals surface area contributed by atoms with Crippen molar-refractivity contribution in [2.75, 3.05) is 12.8 Å². The van der Waals surface area contributed by atoms with Crippen molar-refractivity contribution in [3.05, 3.63) is 65.7 Å². The largest absolute Gasteiger partial charge is 0.449 e. The Bertz CT molecular complexity index is 733. The van der Waals surface area contributed by atoms with Crippen LogP contribution in [0.4, 0.5) is 0 Å². The second-order valence-electron chi connectivity index (χ2n) is 6.01. The molecule has 0 aliphatic carbocycles. The van der Waals surface area contributed by atoms with Crippen LogP contribution in [0.25, 0.3) is 0 Å². The molecular weight excluding hydrogens is 346 g/mol. The third-order valence-electron chi connectivity index (χ3n) is 4.27. The molecule has 2 aromatic rings. The summed E-state index contributed by atoms with van der Waals surface area (Å²) in [6, 6.07) is 17.3. The van der Waals surface area contributed by atoms with Crippen molar-refractivity contribution in [1.29, 1.82) is 0 Å². The van der Waals surface area contributed by atoms with E-state index in [1.54, 1.807) is 19.1 Å². The Morgan fingerprint density at radius 2 is 1.73 bits per heavy atom. The van der Waals surface area contributed by atoms with Crippen molar-refractivity contribution in [2.24, 2.45) is 0 Å². The molecule has 2 aromatic carbocycles. The molecule has 1 N–H and O–H groups in total. The summed E-state index contributed by atoms with van der Waals surface area (Å²) < 4.78 is 5.35. The van der Waals surface area contributed by atoms with Crippen LogP contribution in [0.15, 0.2) is 59.5 Å². The van der Waals surface area contributed by atoms with E-state index in [0.717, 1.165) is 11.3 Å². The van der Waals surface area contributed by atoms with Crippen LogP contribution < -0.4 is 5.32 Å². The van der Waals surface area contributed by atoms with Gasteiger partial charge in [0.25, 0.3) is 5.91 Å². The van der Waals surface area contributed by atoms with Gasteiger partial charge in [0.1, 0.15) is 0 Å². The number of carbonyl (C=O) groups excluding carboxylic acids is 2. The normalized spacial score (nSPS) is 12.9. The molecule has 5 heteroatoms. The van der Waals surface area contributed by atoms with E-state index in [4.69, 9.17) is 4.74 Å². The summed E-state index contributed by atoms with van der Waals surface area (Å²) >= 11 is 1.47. The van der Waals surface area contributed by atoms with E-state index in [-0.39, 0.29) is 11.8 Å². The molecule has 2 rings (SSSR count). The number of amides is 1. The zero-order chi connectivity index (χ0) is 18.9. The summed E-state index contributed by atoms with van der Waals surface area (Å²) in [5.74, 6) is -0.526. The lowest BCUT2D eigenvalue weighted by molar-refractivity contribution is -0.129. The molecule has 0 bridgehead atoms. The monoisotopic (exact) mass is 371 g/mol. The first kappa shape index (κ1) is 20.0. The summed E-state index contributed by atoms with van der Waals surface area (Å²) in [5.41, 5.74) is 1.67. The number of carbonyl (C=O) groups is 2. The van der Waals surface area contributed by atoms with Gasteiger partial charge in [-0.25, -0.2) is 4.79 Å². The van der Waals surface area contributed by atoms with Gasteiger partial charge in [-0.15, -0.1) is 11.8 Å². The van der Waals surface area contributed by atoms with Crippen LogP contribution >= 0.6 is 11.8 Å². The number of thioether (sulfide) groups is 1. The first-order chi connectivity index (χ1) is 12.6. The van der Waals surface area contributed by atoms with Crippen molar-refractivity contribution in [1.82, 2.24) is 5.32 Å². The molecule has 0 saturated carbocycles. The molecule has 26 heavy (non-hydrogen) atoms. The summed E-state index contributed by atoms with van der Waals surface area (Å²) in [4.78, 5) is 25.5. The SMILES string of the molecule is CC[C@@H](CNC(=O)[C@@H](C)OC(=O)c1ccccc1SC)c1ccccc1. The Labute approximate surface area is 159 Å². The van der Waals surface area contributed by atoms with Crippen LogP contribution in [-0.2, 0) is 9.53 Å². The average molecular weight is 372 g/mol. The van der Waals surface area contributed by atoms with Gasteiger partial charge < -0.3 is 10.1 Å². The number of esters is 1. The van der Waals surface area contributed by atoms with Crippen molar-refractivity contribution >= 4 is 23.6 Å². The molecule has 0 aliphatic heterocycles. The number of rotatable bonds is 8. The van der Waals surface area contributed by atoms with E-state index >= 15 is 0 Å². The standard InChI is InChI=1S/C21H25NO3S/c1-4-16(17-10-6-5-7-11-17)14-22-20(23)15(2)25-21(24)18-12-8-9-13-19(18)26-3/h5-13,15-16H,4,14H2,1-3H3,(H,22,23)/t15-,16+/m1/s1. The lowest BCUT2D eigenvalue weighted by Crippen LogP contribution is -2.38. The average Bonchev–Trinajstić information content (AvgIpc) is 2.68. The van der Waals surface area contributed by atoms with E-state index in [2.05, 4.69) is 24.4 Å². The first-order valence-electron chi connectivity index (χ1n) is 8.73. The molecule has 0 unspecified atom stereocenters. The molecular formula is C21H25NO3S. The van der Waals surface area contributed by atoms with Crippen LogP contribution in [0.1, 0.15) is 42.1 Å². The van der Waals surface area contributed by atoms with Gasteiger partial charge in [-0.2, -0.15) is 0 Å². The molecule has 0 radical (unpaired) electrons. The van der Waals surface area contributed by atoms with Crippen LogP contribution in [0.3, 0.4) is 0 Å². The van der Waals surface area contributed by atoms with E-state index < -0.39 is 12.1 Å². The highest BCUT2D eigenvalue weighted by atomic mass is 32.2. The zero-order valence-electron chi connectivity index (χ0n) is 15.4. The van der Waals surface area contributed by atoms with Crippen LogP contribution in [-0.4, -0.2) is 30.8 Å². The Balaban J connectivity index is 1.92. The molecule has 138 valence electrons. The fourth-order valence-corrected chi connectivity index (χ4v) is 3.27. The van der Waals surface area contributed by atoms with Gasteiger partial charge in [-0.1, -0.05) is 49.4 Å². The van der Waals surface area contributed by atoms with Crippen molar-refractivity contribution < 1.29 is 14.3 Å². The van der Waals surface area contributed by atoms with Crippen LogP contribution in [0.2, 0.25) is 0 Å². The topological polar surface area (TPSA) is 55.4 Å². The molecule has 0 aliphatic rings. The molecule has 0 saturated heterocycles. The maximum atomic E-state index is 12.3. The Hall–Kier alpha value is -2.27. The molecule has 0 spiro atoms. The predicted octanol–water partition coefficient (Wildman–Crippen LogP) is 4.26. The number of hydrogen-bond acceptors (Lipinski definition) is 4. The van der Waals surface area contributed by atoms with Gasteiger partial charge >= 0.3 is 5.97 Å². The van der Waals surface area contributed by atoms with Crippen LogP contribution in [0.5, 0.6) is 0 Å². The maximum absolute atomic E-state index is 12.3. The van der Waals surface area contributed by atoms with Gasteiger partial charge in [0.2, 0.25) is 0 Å². The summed E-state index contributed by atoms with van der Waals surface area (Å²) in [6.45, 7) is 4.20. The van der Waals surface area contributed by atoms with Gasteiger partial charge in [0.05, 0.1) is 5.56 Å². The lowest BCUT2D eigenvalue weighted by atomic mass is 9.96. The number of ether oxygens (including phenoxy) is 1. The quantitative estimate of drug-likeness (QED) is 0.556. The highest BCUT2D eigenvalue weighted by Gasteiger charge is 2.21. The maximum Gasteiger partial charge on any atom is 0.340 e. The highest BCUT2D eigenvalue weighted by molar-refractivity contribution is 7.98. The summed E-state index contributed by atoms with van der Waals surface area (Å²) in [6.07, 6.45) is 1.97. The third-order valence-corrected chi connectivity index (χ3v) is 5.06. The highest BCUT2D eigenvalue weighted by Crippen LogP contribution is 2.21. The van der Waals surface area contributed by atoms with Gasteiger partial charge in [-0.3, -0.25) is 4.79 Å². The zero-order valence-corrected chi connectivity index (χ0v) is 16.2. The fraction of sp³-hybridized carbons (Fsp3) is 0.333. The smallest absolute Gasteiger partial charge is 0.340 e. The molecule has 0 heterocycles. The second-order valence-corrected chi connectivity index (χ2v) is 6.86. The molecule has 2 atom stereocenters. The number of hydrogen-bond donors (Lipinski definition) is 1. The first-order valence-corrected chi connectivity index (χ1v) is 9.96. The van der Waals surface area contributed by atoms with Gasteiger partial charge in [-0.05, 0) is 37.3 Å². The second kappa shape index (κ2) is 10.0. The van der Waals surface area contributed by atoms with E-state index in [9.17, 15) is 9.59 Å². The summed E-state index contributed by atoms with van der Waals surface area (Å²) in [5, 5.41) is 2.90. The van der Waals surface area contributed by atoms with Crippen molar-refractivity contribution in [2.45, 2.75) is 37.2 Å². The Kier molecular flexibility index (Phi) is 7.73. The minimum atomic E-state index is -0.842. The lowest BCUT2D eigenvalue weighted by Gasteiger charge is -2.19. The minimum Gasteiger partial charge on any atom is -0.449 e. The molecule has 0 fully saturated rings. The molecule has 0 aromatic heterocycles. The van der Waals surface area contributed by atoms with E-state index in [0.29, 0.717) is 12.1 Å². The molecule has 1 amide bonds. The molecule has 4 nitrogen and oxygen atoms in total. The third kappa shape index (κ3) is 5.36. The number of benzene rings is 2. The van der Waals surface area contributed by atoms with Gasteiger partial charge in [0, 0.05) is 17.4 Å².